The Morgan fingerprint density at radius 3 is 2.71 bits per heavy atom. The first kappa shape index (κ1) is 16.9. The van der Waals surface area contributed by atoms with E-state index in [-0.39, 0.29) is 12.0 Å². The average Bonchev–Trinajstić information content (AvgIpc) is 3.07. The minimum Gasteiger partial charge on any atom is -0.490 e. The number of aromatic nitrogens is 2. The third-order valence-corrected chi connectivity index (χ3v) is 5.35. The average molecular weight is 345 g/mol. The molecule has 0 spiro atoms. The van der Waals surface area contributed by atoms with Crippen LogP contribution in [0.3, 0.4) is 0 Å². The number of hydrogen-bond acceptors (Lipinski definition) is 5. The Kier molecular flexibility index (Phi) is 5.14. The van der Waals surface area contributed by atoms with E-state index in [0.717, 1.165) is 43.8 Å². The van der Waals surface area contributed by atoms with Crippen LogP contribution in [-0.4, -0.2) is 39.6 Å². The molecule has 3 rings (SSSR count). The number of carbonyl (C=O) groups is 1. The van der Waals surface area contributed by atoms with Crippen molar-refractivity contribution < 1.29 is 9.53 Å². The maximum absolute atomic E-state index is 12.6. The maximum Gasteiger partial charge on any atom is 0.267 e. The van der Waals surface area contributed by atoms with Gasteiger partial charge < -0.3 is 9.64 Å². The molecule has 2 heterocycles. The first-order valence-electron chi connectivity index (χ1n) is 8.43. The molecule has 1 aromatic carbocycles. The van der Waals surface area contributed by atoms with Gasteiger partial charge in [0.05, 0.1) is 5.69 Å². The van der Waals surface area contributed by atoms with Crippen LogP contribution in [0.25, 0.3) is 0 Å². The second-order valence-electron chi connectivity index (χ2n) is 6.26. The molecule has 24 heavy (non-hydrogen) atoms. The smallest absolute Gasteiger partial charge is 0.267 e. The predicted octanol–water partition coefficient (Wildman–Crippen LogP) is 3.40. The Labute approximate surface area is 146 Å². The molecule has 1 aliphatic heterocycles. The van der Waals surface area contributed by atoms with Crippen molar-refractivity contribution in [1.29, 1.82) is 0 Å². The van der Waals surface area contributed by atoms with E-state index in [2.05, 4.69) is 35.6 Å². The second-order valence-corrected chi connectivity index (χ2v) is 7.01. The first-order chi connectivity index (χ1) is 11.6. The molecule has 128 valence electrons. The van der Waals surface area contributed by atoms with Gasteiger partial charge in [0, 0.05) is 25.9 Å². The highest BCUT2D eigenvalue weighted by Crippen LogP contribution is 2.23. The molecule has 1 aliphatic rings. The maximum atomic E-state index is 12.6. The standard InChI is InChI=1S/C18H23N3O2S/c1-4-16-17(24-20-19-16)18(22)21-9-7-14(8-10-21)23-15-6-5-12(2)13(3)11-15/h5-6,11,14H,4,7-10H2,1-3H3. The molecule has 1 fully saturated rings. The highest BCUT2D eigenvalue weighted by atomic mass is 32.1. The minimum absolute atomic E-state index is 0.0616. The fourth-order valence-electron chi connectivity index (χ4n) is 2.90. The Balaban J connectivity index is 1.57. The molecule has 0 saturated carbocycles. The van der Waals surface area contributed by atoms with Crippen LogP contribution in [0.2, 0.25) is 0 Å². The van der Waals surface area contributed by atoms with Gasteiger partial charge in [-0.15, -0.1) is 5.10 Å². The van der Waals surface area contributed by atoms with E-state index in [4.69, 9.17) is 4.74 Å². The van der Waals surface area contributed by atoms with E-state index in [1.54, 1.807) is 0 Å². The Morgan fingerprint density at radius 2 is 2.04 bits per heavy atom. The molecule has 0 unspecified atom stereocenters. The monoisotopic (exact) mass is 345 g/mol. The van der Waals surface area contributed by atoms with Crippen molar-refractivity contribution in [2.45, 2.75) is 46.1 Å². The summed E-state index contributed by atoms with van der Waals surface area (Å²) in [5.74, 6) is 0.981. The van der Waals surface area contributed by atoms with E-state index < -0.39 is 0 Å². The summed E-state index contributed by atoms with van der Waals surface area (Å²) in [5.41, 5.74) is 3.32. The van der Waals surface area contributed by atoms with Gasteiger partial charge in [-0.2, -0.15) is 0 Å². The number of aryl methyl sites for hydroxylation is 3. The second kappa shape index (κ2) is 7.30. The zero-order valence-corrected chi connectivity index (χ0v) is 15.2. The molecule has 1 aromatic heterocycles. The van der Waals surface area contributed by atoms with Gasteiger partial charge in [0.1, 0.15) is 16.7 Å². The molecule has 0 bridgehead atoms. The van der Waals surface area contributed by atoms with E-state index in [1.165, 1.54) is 22.7 Å². The van der Waals surface area contributed by atoms with Crippen molar-refractivity contribution >= 4 is 17.4 Å². The third-order valence-electron chi connectivity index (χ3n) is 4.60. The molecular weight excluding hydrogens is 322 g/mol. The van der Waals surface area contributed by atoms with Crippen molar-refractivity contribution in [2.24, 2.45) is 0 Å². The SMILES string of the molecule is CCc1nnsc1C(=O)N1CCC(Oc2ccc(C)c(C)c2)CC1. The van der Waals surface area contributed by atoms with Gasteiger partial charge in [-0.25, -0.2) is 0 Å². The van der Waals surface area contributed by atoms with Crippen LogP contribution in [0.4, 0.5) is 0 Å². The summed E-state index contributed by atoms with van der Waals surface area (Å²) in [6.07, 6.45) is 2.62. The van der Waals surface area contributed by atoms with E-state index in [0.29, 0.717) is 4.88 Å². The largest absolute Gasteiger partial charge is 0.490 e. The van der Waals surface area contributed by atoms with Crippen molar-refractivity contribution in [1.82, 2.24) is 14.5 Å². The molecule has 5 nitrogen and oxygen atoms in total. The number of carbonyl (C=O) groups excluding carboxylic acids is 1. The van der Waals surface area contributed by atoms with Gasteiger partial charge >= 0.3 is 0 Å². The lowest BCUT2D eigenvalue weighted by Crippen LogP contribution is -2.41. The zero-order chi connectivity index (χ0) is 17.1. The molecule has 1 amide bonds. The molecule has 2 aromatic rings. The van der Waals surface area contributed by atoms with E-state index in [9.17, 15) is 4.79 Å². The molecular formula is C18H23N3O2S. The van der Waals surface area contributed by atoms with Gasteiger partial charge in [-0.1, -0.05) is 17.5 Å². The van der Waals surface area contributed by atoms with Gasteiger partial charge in [-0.05, 0) is 55.1 Å². The van der Waals surface area contributed by atoms with E-state index in [1.807, 2.05) is 17.9 Å². The molecule has 1 saturated heterocycles. The fraction of sp³-hybridized carbons (Fsp3) is 0.500. The Hall–Kier alpha value is -1.95. The number of likely N-dealkylation sites (tertiary alicyclic amines) is 1. The molecule has 0 N–H and O–H groups in total. The van der Waals surface area contributed by atoms with Crippen LogP contribution in [-0.2, 0) is 6.42 Å². The number of amides is 1. The van der Waals surface area contributed by atoms with Crippen molar-refractivity contribution in [2.75, 3.05) is 13.1 Å². The van der Waals surface area contributed by atoms with Gasteiger partial charge in [0.2, 0.25) is 0 Å². The minimum atomic E-state index is 0.0616. The quantitative estimate of drug-likeness (QED) is 0.852. The third kappa shape index (κ3) is 3.59. The fourth-order valence-corrected chi connectivity index (χ4v) is 3.62. The number of nitrogens with zero attached hydrogens (tertiary/aromatic N) is 3. The van der Waals surface area contributed by atoms with Crippen LogP contribution in [0, 0.1) is 13.8 Å². The van der Waals surface area contributed by atoms with Crippen molar-refractivity contribution in [3.63, 3.8) is 0 Å². The van der Waals surface area contributed by atoms with Crippen LogP contribution in [0.15, 0.2) is 18.2 Å². The Morgan fingerprint density at radius 1 is 1.29 bits per heavy atom. The lowest BCUT2D eigenvalue weighted by molar-refractivity contribution is 0.0599. The highest BCUT2D eigenvalue weighted by Gasteiger charge is 2.27. The first-order valence-corrected chi connectivity index (χ1v) is 9.20. The number of hydrogen-bond donors (Lipinski definition) is 0. The summed E-state index contributed by atoms with van der Waals surface area (Å²) in [6.45, 7) is 7.63. The summed E-state index contributed by atoms with van der Waals surface area (Å²) in [4.78, 5) is 15.2. The topological polar surface area (TPSA) is 55.3 Å². The molecule has 0 radical (unpaired) electrons. The van der Waals surface area contributed by atoms with Crippen LogP contribution >= 0.6 is 11.5 Å². The molecule has 6 heteroatoms. The van der Waals surface area contributed by atoms with E-state index >= 15 is 0 Å². The lowest BCUT2D eigenvalue weighted by Gasteiger charge is -2.32. The number of ether oxygens (including phenoxy) is 1. The van der Waals surface area contributed by atoms with Crippen molar-refractivity contribution in [3.05, 3.63) is 39.9 Å². The summed E-state index contributed by atoms with van der Waals surface area (Å²) in [7, 11) is 0. The summed E-state index contributed by atoms with van der Waals surface area (Å²) in [5, 5.41) is 4.03. The van der Waals surface area contributed by atoms with Crippen molar-refractivity contribution in [3.8, 4) is 5.75 Å². The van der Waals surface area contributed by atoms with Crippen LogP contribution < -0.4 is 4.74 Å². The van der Waals surface area contributed by atoms with Gasteiger partial charge in [-0.3, -0.25) is 4.79 Å². The van der Waals surface area contributed by atoms with Crippen LogP contribution in [0.1, 0.15) is 46.3 Å². The number of piperidine rings is 1. The summed E-state index contributed by atoms with van der Waals surface area (Å²) >= 11 is 1.20. The number of rotatable bonds is 4. The van der Waals surface area contributed by atoms with Gasteiger partial charge in [0.15, 0.2) is 0 Å². The molecule has 0 atom stereocenters. The summed E-state index contributed by atoms with van der Waals surface area (Å²) < 4.78 is 10.0. The zero-order valence-electron chi connectivity index (χ0n) is 14.4. The molecule has 0 aliphatic carbocycles. The lowest BCUT2D eigenvalue weighted by atomic mass is 10.1. The predicted molar refractivity (Wildman–Crippen MR) is 94.8 cm³/mol. The summed E-state index contributed by atoms with van der Waals surface area (Å²) in [6, 6.07) is 6.20. The normalized spacial score (nSPS) is 15.5. The van der Waals surface area contributed by atoms with Crippen LogP contribution in [0.5, 0.6) is 5.75 Å². The Bertz CT molecular complexity index is 721. The van der Waals surface area contributed by atoms with Gasteiger partial charge in [0.25, 0.3) is 5.91 Å². The highest BCUT2D eigenvalue weighted by molar-refractivity contribution is 7.08. The number of benzene rings is 1.